The van der Waals surface area contributed by atoms with Crippen LogP contribution in [0.1, 0.15) is 12.0 Å². The molecular formula is C9H10INO. The maximum atomic E-state index is 5.66. The second kappa shape index (κ2) is 3.62. The third-order valence-corrected chi connectivity index (χ3v) is 2.73. The Morgan fingerprint density at radius 1 is 1.42 bits per heavy atom. The molecule has 0 saturated heterocycles. The van der Waals surface area contributed by atoms with Crippen LogP contribution in [0.5, 0.6) is 5.75 Å². The third-order valence-electron chi connectivity index (χ3n) is 2.04. The SMILES string of the molecule is INC1CCc2ccccc2O1. The summed E-state index contributed by atoms with van der Waals surface area (Å²) in [5.74, 6) is 1.03. The van der Waals surface area contributed by atoms with E-state index in [0.717, 1.165) is 18.6 Å². The van der Waals surface area contributed by atoms with Gasteiger partial charge in [0.25, 0.3) is 0 Å². The Bertz CT molecular complexity index is 277. The van der Waals surface area contributed by atoms with E-state index in [1.807, 2.05) is 12.1 Å². The minimum Gasteiger partial charge on any atom is -0.474 e. The maximum Gasteiger partial charge on any atom is 0.158 e. The molecule has 0 spiro atoms. The van der Waals surface area contributed by atoms with Crippen molar-refractivity contribution >= 4 is 22.9 Å². The number of para-hydroxylation sites is 1. The number of rotatable bonds is 1. The summed E-state index contributed by atoms with van der Waals surface area (Å²) >= 11 is 2.13. The molecule has 1 atom stereocenters. The number of fused-ring (bicyclic) bond motifs is 1. The Hall–Kier alpha value is -0.290. The first kappa shape index (κ1) is 8.31. The molecule has 0 saturated carbocycles. The van der Waals surface area contributed by atoms with Gasteiger partial charge in [-0.1, -0.05) is 18.2 Å². The van der Waals surface area contributed by atoms with Crippen LogP contribution in [0.15, 0.2) is 24.3 Å². The minimum absolute atomic E-state index is 0.181. The van der Waals surface area contributed by atoms with Gasteiger partial charge in [0.15, 0.2) is 6.23 Å². The molecule has 0 aliphatic carbocycles. The highest BCUT2D eigenvalue weighted by Crippen LogP contribution is 2.26. The maximum absolute atomic E-state index is 5.66. The predicted molar refractivity (Wildman–Crippen MR) is 56.3 cm³/mol. The van der Waals surface area contributed by atoms with E-state index >= 15 is 0 Å². The normalized spacial score (nSPS) is 21.2. The van der Waals surface area contributed by atoms with Crippen LogP contribution in [0, 0.1) is 0 Å². The molecule has 0 fully saturated rings. The molecule has 0 bridgehead atoms. The molecule has 2 rings (SSSR count). The van der Waals surface area contributed by atoms with Crippen molar-refractivity contribution in [3.8, 4) is 5.75 Å². The Morgan fingerprint density at radius 2 is 2.25 bits per heavy atom. The van der Waals surface area contributed by atoms with Crippen molar-refractivity contribution in [3.63, 3.8) is 0 Å². The van der Waals surface area contributed by atoms with E-state index in [0.29, 0.717) is 0 Å². The molecule has 1 aliphatic rings. The highest BCUT2D eigenvalue weighted by atomic mass is 127. The van der Waals surface area contributed by atoms with Crippen molar-refractivity contribution in [2.45, 2.75) is 19.1 Å². The van der Waals surface area contributed by atoms with E-state index < -0.39 is 0 Å². The van der Waals surface area contributed by atoms with Gasteiger partial charge in [-0.3, -0.25) is 0 Å². The smallest absolute Gasteiger partial charge is 0.158 e. The molecular weight excluding hydrogens is 265 g/mol. The molecule has 12 heavy (non-hydrogen) atoms. The summed E-state index contributed by atoms with van der Waals surface area (Å²) in [6.45, 7) is 0. The van der Waals surface area contributed by atoms with Crippen LogP contribution in [-0.4, -0.2) is 6.23 Å². The lowest BCUT2D eigenvalue weighted by Gasteiger charge is -2.24. The standard InChI is InChI=1S/C9H10INO/c10-11-9-6-5-7-3-1-2-4-8(7)12-9/h1-4,9,11H,5-6H2. The second-order valence-corrected chi connectivity index (χ2v) is 3.48. The largest absolute Gasteiger partial charge is 0.474 e. The van der Waals surface area contributed by atoms with Gasteiger partial charge in [-0.05, 0) is 18.1 Å². The number of nitrogens with one attached hydrogen (secondary N) is 1. The molecule has 0 radical (unpaired) electrons. The van der Waals surface area contributed by atoms with Crippen molar-refractivity contribution in [2.75, 3.05) is 0 Å². The van der Waals surface area contributed by atoms with Gasteiger partial charge in [0, 0.05) is 29.3 Å². The van der Waals surface area contributed by atoms with Crippen molar-refractivity contribution in [1.29, 1.82) is 0 Å². The Kier molecular flexibility index (Phi) is 2.51. The van der Waals surface area contributed by atoms with Gasteiger partial charge in [-0.15, -0.1) is 0 Å². The van der Waals surface area contributed by atoms with E-state index in [4.69, 9.17) is 4.74 Å². The van der Waals surface area contributed by atoms with Crippen LogP contribution >= 0.6 is 22.9 Å². The van der Waals surface area contributed by atoms with Crippen molar-refractivity contribution in [1.82, 2.24) is 3.53 Å². The Morgan fingerprint density at radius 3 is 3.08 bits per heavy atom. The van der Waals surface area contributed by atoms with E-state index in [-0.39, 0.29) is 6.23 Å². The Balaban J connectivity index is 2.23. The van der Waals surface area contributed by atoms with Crippen LogP contribution in [0.25, 0.3) is 0 Å². The molecule has 1 aromatic rings. The van der Waals surface area contributed by atoms with E-state index in [1.165, 1.54) is 5.56 Å². The average molecular weight is 275 g/mol. The summed E-state index contributed by atoms with van der Waals surface area (Å²) in [5.41, 5.74) is 1.32. The van der Waals surface area contributed by atoms with Crippen molar-refractivity contribution in [3.05, 3.63) is 29.8 Å². The summed E-state index contributed by atoms with van der Waals surface area (Å²) in [4.78, 5) is 0. The monoisotopic (exact) mass is 275 g/mol. The van der Waals surface area contributed by atoms with Crippen LogP contribution < -0.4 is 8.27 Å². The highest BCUT2D eigenvalue weighted by molar-refractivity contribution is 14.1. The average Bonchev–Trinajstić information content (AvgIpc) is 2.17. The lowest BCUT2D eigenvalue weighted by Crippen LogP contribution is -2.31. The molecule has 1 aliphatic heterocycles. The summed E-state index contributed by atoms with van der Waals surface area (Å²) in [7, 11) is 0. The van der Waals surface area contributed by atoms with Gasteiger partial charge in [0.05, 0.1) is 0 Å². The molecule has 0 aromatic heterocycles. The summed E-state index contributed by atoms with van der Waals surface area (Å²) in [6, 6.07) is 8.21. The topological polar surface area (TPSA) is 21.3 Å². The molecule has 1 unspecified atom stereocenters. The van der Waals surface area contributed by atoms with E-state index in [1.54, 1.807) is 0 Å². The highest BCUT2D eigenvalue weighted by Gasteiger charge is 2.17. The number of benzene rings is 1. The summed E-state index contributed by atoms with van der Waals surface area (Å²) in [6.07, 6.45) is 2.34. The zero-order chi connectivity index (χ0) is 8.39. The fourth-order valence-corrected chi connectivity index (χ4v) is 1.84. The lowest BCUT2D eigenvalue weighted by atomic mass is 10.1. The first-order valence-electron chi connectivity index (χ1n) is 4.01. The van der Waals surface area contributed by atoms with Crippen LogP contribution in [-0.2, 0) is 6.42 Å². The fraction of sp³-hybridized carbons (Fsp3) is 0.333. The van der Waals surface area contributed by atoms with Gasteiger partial charge >= 0.3 is 0 Å². The third kappa shape index (κ3) is 1.56. The quantitative estimate of drug-likeness (QED) is 0.627. The molecule has 3 heteroatoms. The van der Waals surface area contributed by atoms with Gasteiger partial charge in [0.1, 0.15) is 5.75 Å². The lowest BCUT2D eigenvalue weighted by molar-refractivity contribution is 0.171. The second-order valence-electron chi connectivity index (χ2n) is 2.86. The minimum atomic E-state index is 0.181. The fourth-order valence-electron chi connectivity index (χ4n) is 1.40. The molecule has 1 N–H and O–H groups in total. The zero-order valence-corrected chi connectivity index (χ0v) is 8.74. The van der Waals surface area contributed by atoms with Gasteiger partial charge in [-0.25, -0.2) is 3.53 Å². The van der Waals surface area contributed by atoms with Crippen LogP contribution in [0.3, 0.4) is 0 Å². The predicted octanol–water partition coefficient (Wildman–Crippen LogP) is 2.28. The molecule has 64 valence electrons. The number of hydrogen-bond acceptors (Lipinski definition) is 2. The van der Waals surface area contributed by atoms with Gasteiger partial charge in [-0.2, -0.15) is 0 Å². The van der Waals surface area contributed by atoms with Crippen molar-refractivity contribution < 1.29 is 4.74 Å². The zero-order valence-electron chi connectivity index (χ0n) is 6.59. The number of ether oxygens (including phenoxy) is 1. The van der Waals surface area contributed by atoms with Crippen molar-refractivity contribution in [2.24, 2.45) is 0 Å². The molecule has 1 heterocycles. The Labute approximate surface area is 85.8 Å². The molecule has 0 amide bonds. The number of hydrogen-bond donors (Lipinski definition) is 1. The number of aryl methyl sites for hydroxylation is 1. The van der Waals surface area contributed by atoms with Gasteiger partial charge < -0.3 is 4.74 Å². The van der Waals surface area contributed by atoms with Gasteiger partial charge in [0.2, 0.25) is 0 Å². The summed E-state index contributed by atoms with van der Waals surface area (Å²) in [5, 5.41) is 0. The van der Waals surface area contributed by atoms with Crippen LogP contribution in [0.4, 0.5) is 0 Å². The first-order chi connectivity index (χ1) is 5.90. The van der Waals surface area contributed by atoms with E-state index in [2.05, 4.69) is 38.5 Å². The first-order valence-corrected chi connectivity index (χ1v) is 5.09. The van der Waals surface area contributed by atoms with Crippen LogP contribution in [0.2, 0.25) is 0 Å². The summed E-state index contributed by atoms with van der Waals surface area (Å²) < 4.78 is 8.76. The van der Waals surface area contributed by atoms with E-state index in [9.17, 15) is 0 Å². The molecule has 1 aromatic carbocycles. The number of halogens is 1. The molecule has 2 nitrogen and oxygen atoms in total.